The summed E-state index contributed by atoms with van der Waals surface area (Å²) in [5.41, 5.74) is 1.20. The lowest BCUT2D eigenvalue weighted by Gasteiger charge is -2.18. The second-order valence-electron chi connectivity index (χ2n) is 3.63. The van der Waals surface area contributed by atoms with Crippen LogP contribution in [-0.2, 0) is 0 Å². The molecule has 0 bridgehead atoms. The Morgan fingerprint density at radius 3 is 3.00 bits per heavy atom. The SMILES string of the molecule is CN1C[C@H](O)C[C@H]1c1cccnc1. The lowest BCUT2D eigenvalue weighted by atomic mass is 10.1. The molecule has 1 aliphatic heterocycles. The summed E-state index contributed by atoms with van der Waals surface area (Å²) < 4.78 is 0. The summed E-state index contributed by atoms with van der Waals surface area (Å²) in [5, 5.41) is 9.47. The Balaban J connectivity index is 2.18. The molecule has 3 nitrogen and oxygen atoms in total. The summed E-state index contributed by atoms with van der Waals surface area (Å²) in [6, 6.07) is 4.34. The molecule has 2 atom stereocenters. The van der Waals surface area contributed by atoms with Crippen LogP contribution >= 0.6 is 0 Å². The van der Waals surface area contributed by atoms with Gasteiger partial charge < -0.3 is 5.11 Å². The van der Waals surface area contributed by atoms with Gasteiger partial charge in [-0.3, -0.25) is 9.88 Å². The topological polar surface area (TPSA) is 36.4 Å². The van der Waals surface area contributed by atoms with Crippen molar-refractivity contribution in [3.05, 3.63) is 30.1 Å². The van der Waals surface area contributed by atoms with E-state index in [0.717, 1.165) is 13.0 Å². The summed E-state index contributed by atoms with van der Waals surface area (Å²) in [4.78, 5) is 6.25. The molecule has 13 heavy (non-hydrogen) atoms. The van der Waals surface area contributed by atoms with E-state index in [0.29, 0.717) is 6.04 Å². The van der Waals surface area contributed by atoms with Crippen LogP contribution in [0.25, 0.3) is 0 Å². The van der Waals surface area contributed by atoms with E-state index >= 15 is 0 Å². The van der Waals surface area contributed by atoms with Crippen molar-refractivity contribution in [2.24, 2.45) is 0 Å². The molecule has 70 valence electrons. The molecule has 0 amide bonds. The standard InChI is InChI=1S/C10H14N2O/c1-12-7-9(13)5-10(12)8-3-2-4-11-6-8/h2-4,6,9-10,13H,5,7H2,1H3/t9-,10+/m1/s1. The average Bonchev–Trinajstić information content (AvgIpc) is 2.47. The molecular weight excluding hydrogens is 164 g/mol. The second kappa shape index (κ2) is 3.44. The molecule has 1 aromatic rings. The maximum atomic E-state index is 9.47. The van der Waals surface area contributed by atoms with Crippen molar-refractivity contribution in [3.8, 4) is 0 Å². The minimum absolute atomic E-state index is 0.185. The Labute approximate surface area is 78.0 Å². The van der Waals surface area contributed by atoms with Crippen LogP contribution in [0.15, 0.2) is 24.5 Å². The van der Waals surface area contributed by atoms with Gasteiger partial charge in [-0.05, 0) is 25.1 Å². The molecule has 2 rings (SSSR count). The molecule has 2 heterocycles. The second-order valence-corrected chi connectivity index (χ2v) is 3.63. The Bertz CT molecular complexity index is 276. The minimum atomic E-state index is -0.185. The number of likely N-dealkylation sites (tertiary alicyclic amines) is 1. The molecule has 0 unspecified atom stereocenters. The van der Waals surface area contributed by atoms with Crippen molar-refractivity contribution in [1.82, 2.24) is 9.88 Å². The number of hydrogen-bond donors (Lipinski definition) is 1. The quantitative estimate of drug-likeness (QED) is 0.691. The number of β-amino-alcohol motifs (C(OH)–C–C–N with tert-alkyl or cyclic N) is 1. The Morgan fingerprint density at radius 2 is 2.46 bits per heavy atom. The van der Waals surface area contributed by atoms with Crippen molar-refractivity contribution >= 4 is 0 Å². The molecule has 0 radical (unpaired) electrons. The Kier molecular flexibility index (Phi) is 2.29. The third-order valence-electron chi connectivity index (χ3n) is 2.60. The highest BCUT2D eigenvalue weighted by molar-refractivity contribution is 5.15. The third kappa shape index (κ3) is 1.71. The summed E-state index contributed by atoms with van der Waals surface area (Å²) in [6.07, 6.45) is 4.28. The lowest BCUT2D eigenvalue weighted by Crippen LogP contribution is -2.19. The van der Waals surface area contributed by atoms with E-state index in [9.17, 15) is 5.11 Å². The normalized spacial score (nSPS) is 29.4. The highest BCUT2D eigenvalue weighted by Gasteiger charge is 2.28. The number of aliphatic hydroxyl groups excluding tert-OH is 1. The van der Waals surface area contributed by atoms with Crippen LogP contribution in [0.3, 0.4) is 0 Å². The van der Waals surface area contributed by atoms with Crippen LogP contribution in [-0.4, -0.2) is 34.7 Å². The molecule has 1 saturated heterocycles. The molecule has 1 aliphatic rings. The lowest BCUT2D eigenvalue weighted by molar-refractivity contribution is 0.182. The molecule has 0 spiro atoms. The van der Waals surface area contributed by atoms with Crippen LogP contribution in [0.4, 0.5) is 0 Å². The molecule has 1 fully saturated rings. The first-order chi connectivity index (χ1) is 6.27. The molecule has 0 aliphatic carbocycles. The zero-order valence-electron chi connectivity index (χ0n) is 7.72. The Hall–Kier alpha value is -0.930. The summed E-state index contributed by atoms with van der Waals surface area (Å²) in [5.74, 6) is 0. The zero-order valence-corrected chi connectivity index (χ0v) is 7.72. The van der Waals surface area contributed by atoms with Gasteiger partial charge in [0.2, 0.25) is 0 Å². The van der Waals surface area contributed by atoms with Gasteiger partial charge in [-0.2, -0.15) is 0 Å². The van der Waals surface area contributed by atoms with Gasteiger partial charge in [0, 0.05) is 25.0 Å². The largest absolute Gasteiger partial charge is 0.392 e. The van der Waals surface area contributed by atoms with Crippen LogP contribution < -0.4 is 0 Å². The van der Waals surface area contributed by atoms with Gasteiger partial charge >= 0.3 is 0 Å². The van der Waals surface area contributed by atoms with Crippen LogP contribution in [0, 0.1) is 0 Å². The number of nitrogens with zero attached hydrogens (tertiary/aromatic N) is 2. The van der Waals surface area contributed by atoms with Crippen molar-refractivity contribution < 1.29 is 5.11 Å². The molecule has 1 N–H and O–H groups in total. The predicted octanol–water partition coefficient (Wildman–Crippen LogP) is 0.819. The first kappa shape index (κ1) is 8.66. The smallest absolute Gasteiger partial charge is 0.0685 e. The fourth-order valence-corrected chi connectivity index (χ4v) is 1.94. The highest BCUT2D eigenvalue weighted by Crippen LogP contribution is 2.29. The number of rotatable bonds is 1. The average molecular weight is 178 g/mol. The summed E-state index contributed by atoms with van der Waals surface area (Å²) in [6.45, 7) is 0.763. The van der Waals surface area contributed by atoms with Crippen molar-refractivity contribution in [3.63, 3.8) is 0 Å². The number of likely N-dealkylation sites (N-methyl/N-ethyl adjacent to an activating group) is 1. The number of aliphatic hydroxyl groups is 1. The van der Waals surface area contributed by atoms with Crippen LogP contribution in [0.5, 0.6) is 0 Å². The van der Waals surface area contributed by atoms with Crippen molar-refractivity contribution in [1.29, 1.82) is 0 Å². The third-order valence-corrected chi connectivity index (χ3v) is 2.60. The number of pyridine rings is 1. The maximum absolute atomic E-state index is 9.47. The van der Waals surface area contributed by atoms with E-state index in [4.69, 9.17) is 0 Å². The zero-order chi connectivity index (χ0) is 9.26. The van der Waals surface area contributed by atoms with Gasteiger partial charge in [0.1, 0.15) is 0 Å². The Morgan fingerprint density at radius 1 is 1.62 bits per heavy atom. The number of aromatic nitrogens is 1. The van der Waals surface area contributed by atoms with Crippen LogP contribution in [0.1, 0.15) is 18.0 Å². The molecule has 0 aromatic carbocycles. The summed E-state index contributed by atoms with van der Waals surface area (Å²) >= 11 is 0. The minimum Gasteiger partial charge on any atom is -0.392 e. The highest BCUT2D eigenvalue weighted by atomic mass is 16.3. The van der Waals surface area contributed by atoms with Gasteiger partial charge in [-0.1, -0.05) is 6.07 Å². The van der Waals surface area contributed by atoms with E-state index in [1.54, 1.807) is 6.20 Å². The molecule has 0 saturated carbocycles. The van der Waals surface area contributed by atoms with E-state index < -0.39 is 0 Å². The van der Waals surface area contributed by atoms with Crippen molar-refractivity contribution in [2.75, 3.05) is 13.6 Å². The van der Waals surface area contributed by atoms with E-state index in [-0.39, 0.29) is 6.10 Å². The monoisotopic (exact) mass is 178 g/mol. The summed E-state index contributed by atoms with van der Waals surface area (Å²) in [7, 11) is 2.04. The predicted molar refractivity (Wildman–Crippen MR) is 50.2 cm³/mol. The van der Waals surface area contributed by atoms with E-state index in [2.05, 4.69) is 16.0 Å². The fourth-order valence-electron chi connectivity index (χ4n) is 1.94. The van der Waals surface area contributed by atoms with Gasteiger partial charge in [0.05, 0.1) is 6.10 Å². The fraction of sp³-hybridized carbons (Fsp3) is 0.500. The molecule has 3 heteroatoms. The first-order valence-corrected chi connectivity index (χ1v) is 4.55. The van der Waals surface area contributed by atoms with Gasteiger partial charge in [-0.15, -0.1) is 0 Å². The van der Waals surface area contributed by atoms with Crippen molar-refractivity contribution in [2.45, 2.75) is 18.6 Å². The molecule has 1 aromatic heterocycles. The first-order valence-electron chi connectivity index (χ1n) is 4.55. The van der Waals surface area contributed by atoms with Gasteiger partial charge in [0.15, 0.2) is 0 Å². The molecular formula is C10H14N2O. The van der Waals surface area contributed by atoms with E-state index in [1.165, 1.54) is 5.56 Å². The van der Waals surface area contributed by atoms with Gasteiger partial charge in [-0.25, -0.2) is 0 Å². The van der Waals surface area contributed by atoms with Gasteiger partial charge in [0.25, 0.3) is 0 Å². The maximum Gasteiger partial charge on any atom is 0.0685 e. The van der Waals surface area contributed by atoms with Crippen LogP contribution in [0.2, 0.25) is 0 Å². The number of hydrogen-bond acceptors (Lipinski definition) is 3. The van der Waals surface area contributed by atoms with E-state index in [1.807, 2.05) is 19.3 Å².